The van der Waals surface area contributed by atoms with Crippen LogP contribution in [0.1, 0.15) is 58.2 Å². The Morgan fingerprint density at radius 3 is 1.13 bits per heavy atom. The van der Waals surface area contributed by atoms with Crippen LogP contribution in [0.3, 0.4) is 0 Å². The van der Waals surface area contributed by atoms with Crippen LogP contribution in [0.25, 0.3) is 0 Å². The summed E-state index contributed by atoms with van der Waals surface area (Å²) in [5, 5.41) is 0. The molecule has 0 aliphatic rings. The van der Waals surface area contributed by atoms with E-state index in [4.69, 9.17) is 4.55 Å². The third-order valence-corrected chi connectivity index (χ3v) is 5.47. The molecule has 0 atom stereocenters. The van der Waals surface area contributed by atoms with E-state index in [0.29, 0.717) is 10.8 Å². The van der Waals surface area contributed by atoms with E-state index in [2.05, 4.69) is 102 Å². The lowest BCUT2D eigenvalue weighted by Crippen LogP contribution is -2.10. The molecular formula is C27H36O3S. The molecular weight excluding hydrogens is 404 g/mol. The van der Waals surface area contributed by atoms with Crippen molar-refractivity contribution in [3.05, 3.63) is 102 Å². The van der Waals surface area contributed by atoms with E-state index in [1.807, 2.05) is 6.92 Å². The van der Waals surface area contributed by atoms with Crippen molar-refractivity contribution in [2.75, 3.05) is 0 Å². The molecule has 0 aliphatic heterocycles. The monoisotopic (exact) mass is 440 g/mol. The third kappa shape index (κ3) is 10.4. The molecule has 3 rings (SSSR count). The standard InChI is InChI=1S/2C10H14.C7H8O3S/c2*1-10(2,3)9-7-5-4-6-8-9;1-6-2-4-7(5-3-6)11(8,9)10/h2*4-8H,1-3H3;2-5H,1H3,(H,8,9,10). The van der Waals surface area contributed by atoms with E-state index in [1.165, 1.54) is 23.3 Å². The van der Waals surface area contributed by atoms with E-state index in [-0.39, 0.29) is 4.90 Å². The van der Waals surface area contributed by atoms with Crippen molar-refractivity contribution in [1.82, 2.24) is 0 Å². The Morgan fingerprint density at radius 1 is 0.581 bits per heavy atom. The summed E-state index contributed by atoms with van der Waals surface area (Å²) in [5.74, 6) is 0. The largest absolute Gasteiger partial charge is 0.294 e. The Balaban J connectivity index is 0.000000233. The molecule has 0 spiro atoms. The first-order valence-corrected chi connectivity index (χ1v) is 11.8. The second-order valence-corrected chi connectivity index (χ2v) is 10.9. The molecule has 4 heteroatoms. The zero-order chi connectivity index (χ0) is 23.7. The van der Waals surface area contributed by atoms with Gasteiger partial charge in [-0.25, -0.2) is 0 Å². The first-order valence-electron chi connectivity index (χ1n) is 10.4. The molecule has 3 aromatic carbocycles. The number of hydrogen-bond acceptors (Lipinski definition) is 2. The predicted molar refractivity (Wildman–Crippen MR) is 131 cm³/mol. The lowest BCUT2D eigenvalue weighted by molar-refractivity contribution is 0.483. The Kier molecular flexibility index (Phi) is 9.67. The van der Waals surface area contributed by atoms with Crippen molar-refractivity contribution in [2.24, 2.45) is 0 Å². The number of aryl methyl sites for hydroxylation is 1. The van der Waals surface area contributed by atoms with Crippen LogP contribution in [-0.2, 0) is 20.9 Å². The maximum Gasteiger partial charge on any atom is 0.294 e. The Labute approximate surface area is 188 Å². The molecule has 168 valence electrons. The summed E-state index contributed by atoms with van der Waals surface area (Å²) in [5.41, 5.74) is 4.34. The van der Waals surface area contributed by atoms with Crippen LogP contribution >= 0.6 is 0 Å². The summed E-state index contributed by atoms with van der Waals surface area (Å²) in [4.78, 5) is -0.0666. The van der Waals surface area contributed by atoms with Crippen molar-refractivity contribution in [2.45, 2.75) is 64.2 Å². The first-order chi connectivity index (χ1) is 14.2. The second-order valence-electron chi connectivity index (χ2n) is 9.52. The lowest BCUT2D eigenvalue weighted by Gasteiger charge is -2.18. The van der Waals surface area contributed by atoms with Crippen LogP contribution in [0, 0.1) is 6.92 Å². The molecule has 31 heavy (non-hydrogen) atoms. The normalized spacial score (nSPS) is 11.5. The van der Waals surface area contributed by atoms with Gasteiger partial charge in [-0.05, 0) is 41.0 Å². The van der Waals surface area contributed by atoms with Gasteiger partial charge in [-0.15, -0.1) is 0 Å². The SMILES string of the molecule is CC(C)(C)c1ccccc1.CC(C)(C)c1ccccc1.Cc1ccc(S(=O)(=O)O)cc1. The molecule has 0 radical (unpaired) electrons. The van der Waals surface area contributed by atoms with Gasteiger partial charge in [0.15, 0.2) is 0 Å². The summed E-state index contributed by atoms with van der Waals surface area (Å²) in [7, 11) is -4.02. The van der Waals surface area contributed by atoms with E-state index < -0.39 is 10.1 Å². The maximum absolute atomic E-state index is 10.5. The van der Waals surface area contributed by atoms with Gasteiger partial charge in [-0.2, -0.15) is 8.42 Å². The lowest BCUT2D eigenvalue weighted by atomic mass is 9.87. The van der Waals surface area contributed by atoms with Gasteiger partial charge in [0.25, 0.3) is 10.1 Å². The minimum atomic E-state index is -4.02. The Bertz CT molecular complexity index is 945. The zero-order valence-corrected chi connectivity index (χ0v) is 20.6. The summed E-state index contributed by atoms with van der Waals surface area (Å²) in [6.45, 7) is 15.2. The molecule has 1 N–H and O–H groups in total. The first kappa shape index (κ1) is 26.6. The maximum atomic E-state index is 10.5. The van der Waals surface area contributed by atoms with E-state index in [9.17, 15) is 8.42 Å². The topological polar surface area (TPSA) is 54.4 Å². The van der Waals surface area contributed by atoms with Gasteiger partial charge in [-0.3, -0.25) is 4.55 Å². The van der Waals surface area contributed by atoms with Crippen molar-refractivity contribution in [3.63, 3.8) is 0 Å². The van der Waals surface area contributed by atoms with Gasteiger partial charge in [-0.1, -0.05) is 120 Å². The van der Waals surface area contributed by atoms with Crippen LogP contribution in [0.4, 0.5) is 0 Å². The molecule has 0 amide bonds. The van der Waals surface area contributed by atoms with Gasteiger partial charge in [0.2, 0.25) is 0 Å². The average molecular weight is 441 g/mol. The highest BCUT2D eigenvalue weighted by Crippen LogP contribution is 2.21. The molecule has 0 unspecified atom stereocenters. The van der Waals surface area contributed by atoms with Crippen LogP contribution in [0.15, 0.2) is 89.8 Å². The molecule has 0 saturated heterocycles. The number of benzene rings is 3. The highest BCUT2D eigenvalue weighted by atomic mass is 32.2. The van der Waals surface area contributed by atoms with E-state index >= 15 is 0 Å². The molecule has 0 heterocycles. The molecule has 0 fully saturated rings. The molecule has 0 bridgehead atoms. The third-order valence-electron chi connectivity index (χ3n) is 4.60. The smallest absolute Gasteiger partial charge is 0.282 e. The van der Waals surface area contributed by atoms with Crippen molar-refractivity contribution >= 4 is 10.1 Å². The van der Waals surface area contributed by atoms with Gasteiger partial charge in [0.05, 0.1) is 4.90 Å². The summed E-state index contributed by atoms with van der Waals surface area (Å²) < 4.78 is 29.6. The quantitative estimate of drug-likeness (QED) is 0.407. The van der Waals surface area contributed by atoms with E-state index in [0.717, 1.165) is 5.56 Å². The van der Waals surface area contributed by atoms with Gasteiger partial charge >= 0.3 is 0 Å². The number of rotatable bonds is 1. The average Bonchev–Trinajstić information content (AvgIpc) is 2.69. The van der Waals surface area contributed by atoms with Crippen molar-refractivity contribution in [3.8, 4) is 0 Å². The number of hydrogen-bond donors (Lipinski definition) is 1. The van der Waals surface area contributed by atoms with Crippen molar-refractivity contribution < 1.29 is 13.0 Å². The highest BCUT2D eigenvalue weighted by molar-refractivity contribution is 7.85. The van der Waals surface area contributed by atoms with Crippen LogP contribution in [0.2, 0.25) is 0 Å². The second kappa shape index (κ2) is 11.3. The minimum absolute atomic E-state index is 0.0666. The zero-order valence-electron chi connectivity index (χ0n) is 19.8. The van der Waals surface area contributed by atoms with Gasteiger partial charge in [0, 0.05) is 0 Å². The van der Waals surface area contributed by atoms with E-state index in [1.54, 1.807) is 12.1 Å². The van der Waals surface area contributed by atoms with Crippen LogP contribution < -0.4 is 0 Å². The molecule has 0 saturated carbocycles. The fraction of sp³-hybridized carbons (Fsp3) is 0.333. The van der Waals surface area contributed by atoms with Crippen molar-refractivity contribution in [1.29, 1.82) is 0 Å². The van der Waals surface area contributed by atoms with Crippen LogP contribution in [0.5, 0.6) is 0 Å². The van der Waals surface area contributed by atoms with Crippen LogP contribution in [-0.4, -0.2) is 13.0 Å². The Hall–Kier alpha value is -2.43. The molecule has 0 aliphatic carbocycles. The minimum Gasteiger partial charge on any atom is -0.282 e. The molecule has 3 nitrogen and oxygen atoms in total. The summed E-state index contributed by atoms with van der Waals surface area (Å²) in [6, 6.07) is 27.1. The van der Waals surface area contributed by atoms with Gasteiger partial charge in [0.1, 0.15) is 0 Å². The van der Waals surface area contributed by atoms with Gasteiger partial charge < -0.3 is 0 Å². The summed E-state index contributed by atoms with van der Waals surface area (Å²) in [6.07, 6.45) is 0. The summed E-state index contributed by atoms with van der Waals surface area (Å²) >= 11 is 0. The predicted octanol–water partition coefficient (Wildman–Crippen LogP) is 7.21. The highest BCUT2D eigenvalue weighted by Gasteiger charge is 2.12. The molecule has 3 aromatic rings. The fourth-order valence-corrected chi connectivity index (χ4v) is 3.07. The Morgan fingerprint density at radius 2 is 0.903 bits per heavy atom. The molecule has 0 aromatic heterocycles. The fourth-order valence-electron chi connectivity index (χ4n) is 2.59.